The fourth-order valence-corrected chi connectivity index (χ4v) is 2.24. The summed E-state index contributed by atoms with van der Waals surface area (Å²) in [6, 6.07) is 1.85. The molecule has 0 saturated carbocycles. The van der Waals surface area contributed by atoms with Crippen LogP contribution >= 0.6 is 0 Å². The van der Waals surface area contributed by atoms with Gasteiger partial charge < -0.3 is 10.7 Å². The number of pyridine rings is 1. The van der Waals surface area contributed by atoms with E-state index in [0.717, 1.165) is 29.8 Å². The Morgan fingerprint density at radius 2 is 2.22 bits per heavy atom. The Morgan fingerprint density at radius 1 is 1.39 bits per heavy atom. The summed E-state index contributed by atoms with van der Waals surface area (Å²) in [6.45, 7) is 2.90. The zero-order valence-corrected chi connectivity index (χ0v) is 10.1. The van der Waals surface area contributed by atoms with Gasteiger partial charge in [-0.1, -0.05) is 0 Å². The van der Waals surface area contributed by atoms with E-state index in [1.807, 2.05) is 6.07 Å². The molecule has 18 heavy (non-hydrogen) atoms. The molecular formula is C12H16N6. The molecule has 3 heterocycles. The standard InChI is InChI=1S/C12H16N6/c13-11(17-8-18-5-1-2-6-18)9-3-4-14-12-10(9)15-7-16-12/h3-4,7H,1-2,5-6,8H2,(H2,13,17)(H,14,15,16). The number of hydrogen-bond donors (Lipinski definition) is 2. The number of rotatable bonds is 3. The number of aliphatic imine (C=N–C) groups is 1. The maximum absolute atomic E-state index is 6.04. The number of aromatic nitrogens is 3. The fourth-order valence-electron chi connectivity index (χ4n) is 2.24. The van der Waals surface area contributed by atoms with E-state index in [2.05, 4.69) is 24.8 Å². The van der Waals surface area contributed by atoms with Gasteiger partial charge in [0.2, 0.25) is 0 Å². The van der Waals surface area contributed by atoms with Gasteiger partial charge in [0.25, 0.3) is 0 Å². The van der Waals surface area contributed by atoms with E-state index in [0.29, 0.717) is 12.5 Å². The van der Waals surface area contributed by atoms with Gasteiger partial charge in [0.1, 0.15) is 11.4 Å². The Hall–Kier alpha value is -1.95. The van der Waals surface area contributed by atoms with E-state index in [4.69, 9.17) is 5.73 Å². The van der Waals surface area contributed by atoms with Gasteiger partial charge in [0.15, 0.2) is 5.65 Å². The van der Waals surface area contributed by atoms with Crippen LogP contribution in [0.15, 0.2) is 23.6 Å². The lowest BCUT2D eigenvalue weighted by Crippen LogP contribution is -2.23. The van der Waals surface area contributed by atoms with Gasteiger partial charge in [-0.05, 0) is 32.0 Å². The normalized spacial score (nSPS) is 17.7. The van der Waals surface area contributed by atoms with Crippen molar-refractivity contribution in [3.05, 3.63) is 24.2 Å². The Bertz CT molecular complexity index is 567. The molecule has 0 spiro atoms. The van der Waals surface area contributed by atoms with Crippen molar-refractivity contribution in [2.45, 2.75) is 12.8 Å². The van der Waals surface area contributed by atoms with Crippen molar-refractivity contribution >= 4 is 17.0 Å². The van der Waals surface area contributed by atoms with Crippen molar-refractivity contribution in [3.63, 3.8) is 0 Å². The number of H-pyrrole nitrogens is 1. The molecule has 6 nitrogen and oxygen atoms in total. The Morgan fingerprint density at radius 3 is 3.06 bits per heavy atom. The lowest BCUT2D eigenvalue weighted by Gasteiger charge is -2.11. The second-order valence-corrected chi connectivity index (χ2v) is 4.47. The third-order valence-corrected chi connectivity index (χ3v) is 3.23. The first-order valence-corrected chi connectivity index (χ1v) is 6.15. The van der Waals surface area contributed by atoms with Crippen molar-refractivity contribution in [1.29, 1.82) is 0 Å². The summed E-state index contributed by atoms with van der Waals surface area (Å²) in [6.07, 6.45) is 5.85. The summed E-state index contributed by atoms with van der Waals surface area (Å²) >= 11 is 0. The predicted octanol–water partition coefficient (Wildman–Crippen LogP) is 0.716. The minimum absolute atomic E-state index is 0.529. The van der Waals surface area contributed by atoms with Crippen molar-refractivity contribution in [1.82, 2.24) is 19.9 Å². The molecule has 2 aromatic heterocycles. The molecule has 6 heteroatoms. The van der Waals surface area contributed by atoms with Gasteiger partial charge in [-0.15, -0.1) is 0 Å². The third kappa shape index (κ3) is 2.06. The summed E-state index contributed by atoms with van der Waals surface area (Å²) in [5, 5.41) is 0. The molecule has 0 aromatic carbocycles. The first-order chi connectivity index (χ1) is 8.84. The largest absolute Gasteiger partial charge is 0.383 e. The highest BCUT2D eigenvalue weighted by Crippen LogP contribution is 2.12. The van der Waals surface area contributed by atoms with Gasteiger partial charge in [0.05, 0.1) is 13.0 Å². The van der Waals surface area contributed by atoms with Gasteiger partial charge >= 0.3 is 0 Å². The lowest BCUT2D eigenvalue weighted by molar-refractivity contribution is 0.351. The van der Waals surface area contributed by atoms with E-state index in [-0.39, 0.29) is 0 Å². The molecule has 94 valence electrons. The maximum Gasteiger partial charge on any atom is 0.157 e. The van der Waals surface area contributed by atoms with Crippen LogP contribution in [0.2, 0.25) is 0 Å². The number of aromatic amines is 1. The smallest absolute Gasteiger partial charge is 0.157 e. The topological polar surface area (TPSA) is 83.2 Å². The number of amidine groups is 1. The zero-order valence-electron chi connectivity index (χ0n) is 10.1. The number of nitrogens with one attached hydrogen (secondary N) is 1. The van der Waals surface area contributed by atoms with Crippen molar-refractivity contribution in [2.75, 3.05) is 19.8 Å². The first-order valence-electron chi connectivity index (χ1n) is 6.15. The Kier molecular flexibility index (Phi) is 2.93. The molecule has 3 rings (SSSR count). The van der Waals surface area contributed by atoms with E-state index in [9.17, 15) is 0 Å². The SMILES string of the molecule is NC(=NCN1CCCC1)c1ccnc2[nH]cnc12. The molecule has 0 unspecified atom stereocenters. The Labute approximate surface area is 105 Å². The molecule has 1 aliphatic heterocycles. The molecule has 1 saturated heterocycles. The summed E-state index contributed by atoms with van der Waals surface area (Å²) in [4.78, 5) is 18.1. The number of fused-ring (bicyclic) bond motifs is 1. The van der Waals surface area contributed by atoms with Gasteiger partial charge in [-0.25, -0.2) is 9.97 Å². The number of likely N-dealkylation sites (tertiary alicyclic amines) is 1. The Balaban J connectivity index is 1.84. The fraction of sp³-hybridized carbons (Fsp3) is 0.417. The van der Waals surface area contributed by atoms with Gasteiger partial charge in [-0.3, -0.25) is 9.89 Å². The molecule has 0 bridgehead atoms. The minimum atomic E-state index is 0.529. The minimum Gasteiger partial charge on any atom is -0.383 e. The van der Waals surface area contributed by atoms with Crippen molar-refractivity contribution in [3.8, 4) is 0 Å². The average molecular weight is 244 g/mol. The molecule has 1 fully saturated rings. The molecule has 1 aliphatic rings. The molecule has 3 N–H and O–H groups in total. The maximum atomic E-state index is 6.04. The van der Waals surface area contributed by atoms with Crippen LogP contribution in [-0.2, 0) is 0 Å². The van der Waals surface area contributed by atoms with Crippen LogP contribution in [0, 0.1) is 0 Å². The van der Waals surface area contributed by atoms with E-state index >= 15 is 0 Å². The molecule has 0 radical (unpaired) electrons. The highest BCUT2D eigenvalue weighted by atomic mass is 15.2. The lowest BCUT2D eigenvalue weighted by atomic mass is 10.2. The van der Waals surface area contributed by atoms with Gasteiger partial charge in [-0.2, -0.15) is 0 Å². The van der Waals surface area contributed by atoms with E-state index < -0.39 is 0 Å². The zero-order chi connectivity index (χ0) is 12.4. The third-order valence-electron chi connectivity index (χ3n) is 3.23. The van der Waals surface area contributed by atoms with Crippen LogP contribution in [0.1, 0.15) is 18.4 Å². The van der Waals surface area contributed by atoms with Crippen LogP contribution < -0.4 is 5.73 Å². The highest BCUT2D eigenvalue weighted by Gasteiger charge is 2.11. The summed E-state index contributed by atoms with van der Waals surface area (Å²) in [7, 11) is 0. The number of imidazole rings is 1. The summed E-state index contributed by atoms with van der Waals surface area (Å²) < 4.78 is 0. The molecule has 0 aliphatic carbocycles. The van der Waals surface area contributed by atoms with Crippen LogP contribution in [0.25, 0.3) is 11.2 Å². The van der Waals surface area contributed by atoms with E-state index in [1.54, 1.807) is 12.5 Å². The quantitative estimate of drug-likeness (QED) is 0.615. The van der Waals surface area contributed by atoms with Gasteiger partial charge in [0, 0.05) is 11.8 Å². The van der Waals surface area contributed by atoms with Crippen LogP contribution in [0.5, 0.6) is 0 Å². The van der Waals surface area contributed by atoms with Crippen LogP contribution in [0.4, 0.5) is 0 Å². The number of hydrogen-bond acceptors (Lipinski definition) is 4. The summed E-state index contributed by atoms with van der Waals surface area (Å²) in [5.74, 6) is 0.529. The number of nitrogens with two attached hydrogens (primary N) is 1. The van der Waals surface area contributed by atoms with E-state index in [1.165, 1.54) is 12.8 Å². The average Bonchev–Trinajstić information content (AvgIpc) is 3.05. The predicted molar refractivity (Wildman–Crippen MR) is 70.3 cm³/mol. The molecular weight excluding hydrogens is 228 g/mol. The van der Waals surface area contributed by atoms with Crippen LogP contribution in [0.3, 0.4) is 0 Å². The van der Waals surface area contributed by atoms with Crippen LogP contribution in [-0.4, -0.2) is 45.4 Å². The highest BCUT2D eigenvalue weighted by molar-refractivity contribution is 6.06. The molecule has 0 atom stereocenters. The number of nitrogens with zero attached hydrogens (tertiary/aromatic N) is 4. The second-order valence-electron chi connectivity index (χ2n) is 4.47. The summed E-state index contributed by atoms with van der Waals surface area (Å²) in [5.41, 5.74) is 8.41. The second kappa shape index (κ2) is 4.73. The van der Waals surface area contributed by atoms with Crippen molar-refractivity contribution < 1.29 is 0 Å². The molecule has 0 amide bonds. The van der Waals surface area contributed by atoms with Crippen molar-refractivity contribution in [2.24, 2.45) is 10.7 Å². The molecule has 2 aromatic rings. The monoisotopic (exact) mass is 244 g/mol. The first kappa shape index (κ1) is 11.2.